The van der Waals surface area contributed by atoms with Gasteiger partial charge in [0.2, 0.25) is 0 Å². The molecule has 4 nitrogen and oxygen atoms in total. The van der Waals surface area contributed by atoms with Crippen molar-refractivity contribution in [2.45, 2.75) is 25.0 Å². The topological polar surface area (TPSA) is 43.5 Å². The number of benzene rings is 3. The minimum atomic E-state index is 0.278. The Kier molecular flexibility index (Phi) is 5.43. The summed E-state index contributed by atoms with van der Waals surface area (Å²) in [5.41, 5.74) is 4.96. The second-order valence-electron chi connectivity index (χ2n) is 7.97. The van der Waals surface area contributed by atoms with Crippen LogP contribution in [0.4, 0.5) is 0 Å². The van der Waals surface area contributed by atoms with E-state index in [0.717, 1.165) is 24.7 Å². The summed E-state index contributed by atoms with van der Waals surface area (Å²) in [7, 11) is 0. The van der Waals surface area contributed by atoms with Crippen LogP contribution in [0.1, 0.15) is 24.0 Å². The van der Waals surface area contributed by atoms with Gasteiger partial charge in [-0.15, -0.1) is 0 Å². The zero-order valence-electron chi connectivity index (χ0n) is 17.1. The number of epoxide rings is 2. The molecular weight excluding hydrogens is 376 g/mol. The van der Waals surface area contributed by atoms with E-state index in [1.54, 1.807) is 0 Å². The van der Waals surface area contributed by atoms with Crippen LogP contribution in [0, 0.1) is 0 Å². The van der Waals surface area contributed by atoms with Gasteiger partial charge in [0.05, 0.1) is 13.2 Å². The van der Waals surface area contributed by atoms with Gasteiger partial charge >= 0.3 is 0 Å². The molecule has 3 aromatic carbocycles. The summed E-state index contributed by atoms with van der Waals surface area (Å²) >= 11 is 0. The third kappa shape index (κ3) is 4.84. The molecule has 2 fully saturated rings. The third-order valence-electron chi connectivity index (χ3n) is 5.65. The normalized spacial score (nSPS) is 20.4. The van der Waals surface area contributed by atoms with Crippen molar-refractivity contribution in [3.8, 4) is 22.6 Å². The fourth-order valence-electron chi connectivity index (χ4n) is 3.46. The minimum absolute atomic E-state index is 0.278. The van der Waals surface area contributed by atoms with E-state index in [9.17, 15) is 0 Å². The van der Waals surface area contributed by atoms with Gasteiger partial charge in [0, 0.05) is 5.92 Å². The van der Waals surface area contributed by atoms with Crippen molar-refractivity contribution in [2.75, 3.05) is 26.4 Å². The van der Waals surface area contributed by atoms with Crippen molar-refractivity contribution >= 4 is 0 Å². The van der Waals surface area contributed by atoms with Crippen molar-refractivity contribution in [1.82, 2.24) is 0 Å². The molecule has 2 aliphatic rings. The number of rotatable bonds is 9. The molecule has 3 unspecified atom stereocenters. The molecule has 30 heavy (non-hydrogen) atoms. The van der Waals surface area contributed by atoms with Crippen LogP contribution in [-0.4, -0.2) is 38.6 Å². The highest BCUT2D eigenvalue weighted by atomic mass is 16.6. The van der Waals surface area contributed by atoms with Gasteiger partial charge in [-0.2, -0.15) is 0 Å². The SMILES string of the molecule is CC(c1ccc(OCC2CO2)cc1)c1ccc(-c2ccc(OCC3CO3)cc2)cc1. The van der Waals surface area contributed by atoms with Crippen LogP contribution in [-0.2, 0) is 9.47 Å². The molecule has 0 aromatic heterocycles. The lowest BCUT2D eigenvalue weighted by atomic mass is 9.92. The van der Waals surface area contributed by atoms with E-state index in [1.807, 2.05) is 24.3 Å². The van der Waals surface area contributed by atoms with Crippen LogP contribution in [0.15, 0.2) is 72.8 Å². The van der Waals surface area contributed by atoms with E-state index < -0.39 is 0 Å². The molecule has 2 aliphatic heterocycles. The summed E-state index contributed by atoms with van der Waals surface area (Å²) < 4.78 is 21.8. The molecule has 0 aliphatic carbocycles. The van der Waals surface area contributed by atoms with Gasteiger partial charge in [-0.1, -0.05) is 55.5 Å². The molecule has 154 valence electrons. The first-order valence-electron chi connectivity index (χ1n) is 10.5. The maximum atomic E-state index is 5.73. The smallest absolute Gasteiger partial charge is 0.119 e. The highest BCUT2D eigenvalue weighted by Gasteiger charge is 2.23. The number of hydrogen-bond donors (Lipinski definition) is 0. The van der Waals surface area contributed by atoms with E-state index in [4.69, 9.17) is 18.9 Å². The minimum Gasteiger partial charge on any atom is -0.491 e. The Morgan fingerprint density at radius 2 is 1.03 bits per heavy atom. The zero-order valence-corrected chi connectivity index (χ0v) is 17.1. The van der Waals surface area contributed by atoms with Gasteiger partial charge in [-0.05, 0) is 46.5 Å². The van der Waals surface area contributed by atoms with Crippen LogP contribution in [0.5, 0.6) is 11.5 Å². The summed E-state index contributed by atoms with van der Waals surface area (Å²) in [6.45, 7) is 5.14. The molecule has 0 saturated carbocycles. The highest BCUT2D eigenvalue weighted by Crippen LogP contribution is 2.29. The standard InChI is InChI=1S/C26H26O4/c1-18(20-6-10-23(11-7-20)27-14-25-16-29-25)19-2-4-21(5-3-19)22-8-12-24(13-9-22)28-15-26-17-30-26/h2-13,18,25-26H,14-17H2,1H3. The lowest BCUT2D eigenvalue weighted by molar-refractivity contribution is 0.263. The molecular formula is C26H26O4. The van der Waals surface area contributed by atoms with Crippen LogP contribution >= 0.6 is 0 Å². The van der Waals surface area contributed by atoms with Crippen LogP contribution < -0.4 is 9.47 Å². The molecule has 0 spiro atoms. The van der Waals surface area contributed by atoms with E-state index in [0.29, 0.717) is 19.1 Å². The van der Waals surface area contributed by atoms with Crippen molar-refractivity contribution < 1.29 is 18.9 Å². The molecule has 0 N–H and O–H groups in total. The maximum absolute atomic E-state index is 5.73. The molecule has 2 heterocycles. The Labute approximate surface area is 177 Å². The number of hydrogen-bond acceptors (Lipinski definition) is 4. The van der Waals surface area contributed by atoms with Crippen LogP contribution in [0.25, 0.3) is 11.1 Å². The van der Waals surface area contributed by atoms with E-state index in [2.05, 4.69) is 55.5 Å². The fourth-order valence-corrected chi connectivity index (χ4v) is 3.46. The Bertz CT molecular complexity index is 955. The van der Waals surface area contributed by atoms with Gasteiger partial charge < -0.3 is 18.9 Å². The molecule has 2 saturated heterocycles. The van der Waals surface area contributed by atoms with E-state index >= 15 is 0 Å². The first kappa shape index (κ1) is 19.2. The first-order valence-corrected chi connectivity index (χ1v) is 10.5. The van der Waals surface area contributed by atoms with Crippen molar-refractivity contribution in [3.05, 3.63) is 83.9 Å². The van der Waals surface area contributed by atoms with Gasteiger partial charge in [-0.25, -0.2) is 0 Å². The zero-order chi connectivity index (χ0) is 20.3. The Balaban J connectivity index is 1.21. The molecule has 4 heteroatoms. The molecule has 3 aromatic rings. The van der Waals surface area contributed by atoms with E-state index in [1.165, 1.54) is 22.3 Å². The Morgan fingerprint density at radius 1 is 0.667 bits per heavy atom. The second kappa shape index (κ2) is 8.50. The van der Waals surface area contributed by atoms with Crippen molar-refractivity contribution in [3.63, 3.8) is 0 Å². The maximum Gasteiger partial charge on any atom is 0.119 e. The predicted molar refractivity (Wildman–Crippen MR) is 116 cm³/mol. The summed E-state index contributed by atoms with van der Waals surface area (Å²) in [6.07, 6.45) is 0.559. The quantitative estimate of drug-likeness (QED) is 0.469. The summed E-state index contributed by atoms with van der Waals surface area (Å²) in [5.74, 6) is 2.10. The predicted octanol–water partition coefficient (Wildman–Crippen LogP) is 5.06. The van der Waals surface area contributed by atoms with Crippen LogP contribution in [0.2, 0.25) is 0 Å². The summed E-state index contributed by atoms with van der Waals surface area (Å²) in [6, 6.07) is 25.4. The largest absolute Gasteiger partial charge is 0.491 e. The number of ether oxygens (including phenoxy) is 4. The summed E-state index contributed by atoms with van der Waals surface area (Å²) in [4.78, 5) is 0. The Hall–Kier alpha value is -2.82. The van der Waals surface area contributed by atoms with Gasteiger partial charge in [0.1, 0.15) is 36.9 Å². The Morgan fingerprint density at radius 3 is 1.47 bits per heavy atom. The molecule has 5 rings (SSSR count). The monoisotopic (exact) mass is 402 g/mol. The molecule has 3 atom stereocenters. The molecule has 0 amide bonds. The van der Waals surface area contributed by atoms with Crippen molar-refractivity contribution in [1.29, 1.82) is 0 Å². The third-order valence-corrected chi connectivity index (χ3v) is 5.65. The van der Waals surface area contributed by atoms with Gasteiger partial charge in [0.25, 0.3) is 0 Å². The summed E-state index contributed by atoms with van der Waals surface area (Å²) in [5, 5.41) is 0. The average Bonchev–Trinajstić information content (AvgIpc) is 3.72. The van der Waals surface area contributed by atoms with Crippen LogP contribution in [0.3, 0.4) is 0 Å². The second-order valence-corrected chi connectivity index (χ2v) is 7.97. The fraction of sp³-hybridized carbons (Fsp3) is 0.308. The van der Waals surface area contributed by atoms with Gasteiger partial charge in [-0.3, -0.25) is 0 Å². The highest BCUT2D eigenvalue weighted by molar-refractivity contribution is 5.64. The molecule has 0 bridgehead atoms. The van der Waals surface area contributed by atoms with Crippen molar-refractivity contribution in [2.24, 2.45) is 0 Å². The average molecular weight is 402 g/mol. The lowest BCUT2D eigenvalue weighted by Gasteiger charge is -2.14. The van der Waals surface area contributed by atoms with Gasteiger partial charge in [0.15, 0.2) is 0 Å². The lowest BCUT2D eigenvalue weighted by Crippen LogP contribution is -2.04. The van der Waals surface area contributed by atoms with E-state index in [-0.39, 0.29) is 12.2 Å². The first-order chi connectivity index (χ1) is 14.7. The molecule has 0 radical (unpaired) electrons.